The average Bonchev–Trinajstić information content (AvgIpc) is 2.84. The van der Waals surface area contributed by atoms with Gasteiger partial charge in [-0.2, -0.15) is 0 Å². The molecule has 2 unspecified atom stereocenters. The smallest absolute Gasteiger partial charge is 0.327 e. The Hall–Kier alpha value is -1.21. The number of hydrogen-bond donors (Lipinski definition) is 2. The maximum atomic E-state index is 12.7. The second kappa shape index (κ2) is 6.05. The first-order chi connectivity index (χ1) is 9.45. The van der Waals surface area contributed by atoms with Gasteiger partial charge in [0.25, 0.3) is 5.91 Å². The third-order valence-corrected chi connectivity index (χ3v) is 5.33. The Balaban J connectivity index is 2.38. The molecule has 1 aromatic carbocycles. The van der Waals surface area contributed by atoms with Crippen molar-refractivity contribution in [3.05, 3.63) is 28.2 Å². The fourth-order valence-electron chi connectivity index (χ4n) is 2.19. The van der Waals surface area contributed by atoms with Crippen LogP contribution in [0.15, 0.2) is 22.7 Å². The van der Waals surface area contributed by atoms with Crippen LogP contribution in [-0.4, -0.2) is 39.1 Å². The van der Waals surface area contributed by atoms with Crippen molar-refractivity contribution in [2.24, 2.45) is 0 Å². The van der Waals surface area contributed by atoms with E-state index in [2.05, 4.69) is 15.9 Å². The number of nitrogens with two attached hydrogens (primary N) is 1. The van der Waals surface area contributed by atoms with Crippen molar-refractivity contribution in [1.82, 2.24) is 4.90 Å². The first-order valence-electron chi connectivity index (χ1n) is 6.17. The van der Waals surface area contributed by atoms with Gasteiger partial charge in [0, 0.05) is 15.9 Å². The fraction of sp³-hybridized carbons (Fsp3) is 0.385. The molecule has 1 aliphatic heterocycles. The van der Waals surface area contributed by atoms with Crippen molar-refractivity contribution in [2.45, 2.75) is 24.8 Å². The van der Waals surface area contributed by atoms with E-state index in [0.717, 1.165) is 0 Å². The standard InChI is InChI=1S/C13H15BrN2O3S/c1-2-11-16(10(6-20-11)13(18)19)12(17)8-5-7(15)3-4-9(8)14/h3-5,10-11H,2,6,15H2,1H3,(H,18,19). The summed E-state index contributed by atoms with van der Waals surface area (Å²) in [6, 6.07) is 4.17. The lowest BCUT2D eigenvalue weighted by Gasteiger charge is -2.27. The van der Waals surface area contributed by atoms with Gasteiger partial charge in [0.2, 0.25) is 0 Å². The van der Waals surface area contributed by atoms with Gasteiger partial charge in [0.1, 0.15) is 6.04 Å². The molecule has 1 fully saturated rings. The van der Waals surface area contributed by atoms with Crippen molar-refractivity contribution in [3.8, 4) is 0 Å². The average molecular weight is 359 g/mol. The number of carboxylic acid groups (broad SMARTS) is 1. The highest BCUT2D eigenvalue weighted by Gasteiger charge is 2.41. The summed E-state index contributed by atoms with van der Waals surface area (Å²) in [4.78, 5) is 25.4. The van der Waals surface area contributed by atoms with Gasteiger partial charge in [-0.05, 0) is 40.5 Å². The summed E-state index contributed by atoms with van der Waals surface area (Å²) in [5.41, 5.74) is 6.59. The van der Waals surface area contributed by atoms with Gasteiger partial charge >= 0.3 is 5.97 Å². The molecule has 5 nitrogen and oxygen atoms in total. The molecule has 3 N–H and O–H groups in total. The summed E-state index contributed by atoms with van der Waals surface area (Å²) in [5.74, 6) is -0.852. The van der Waals surface area contributed by atoms with Crippen LogP contribution in [0.5, 0.6) is 0 Å². The molecule has 2 rings (SSSR count). The van der Waals surface area contributed by atoms with Crippen LogP contribution in [0.25, 0.3) is 0 Å². The lowest BCUT2D eigenvalue weighted by Crippen LogP contribution is -2.45. The minimum absolute atomic E-state index is 0.114. The lowest BCUT2D eigenvalue weighted by molar-refractivity contribution is -0.141. The van der Waals surface area contributed by atoms with E-state index in [1.54, 1.807) is 18.2 Å². The molecule has 1 amide bonds. The summed E-state index contributed by atoms with van der Waals surface area (Å²) < 4.78 is 0.618. The Labute approximate surface area is 129 Å². The molecule has 1 aliphatic rings. The Morgan fingerprint density at radius 1 is 1.55 bits per heavy atom. The minimum Gasteiger partial charge on any atom is -0.480 e. The SMILES string of the molecule is CCC1SCC(C(=O)O)N1C(=O)c1cc(N)ccc1Br. The molecule has 1 saturated heterocycles. The number of carboxylic acids is 1. The Kier molecular flexibility index (Phi) is 4.59. The first-order valence-corrected chi connectivity index (χ1v) is 8.02. The van der Waals surface area contributed by atoms with Crippen LogP contribution in [0.3, 0.4) is 0 Å². The van der Waals surface area contributed by atoms with Gasteiger partial charge in [-0.15, -0.1) is 11.8 Å². The fourth-order valence-corrected chi connectivity index (χ4v) is 3.95. The number of hydrogen-bond acceptors (Lipinski definition) is 4. The van der Waals surface area contributed by atoms with Crippen molar-refractivity contribution in [1.29, 1.82) is 0 Å². The zero-order valence-corrected chi connectivity index (χ0v) is 13.3. The van der Waals surface area contributed by atoms with E-state index in [4.69, 9.17) is 5.73 Å². The van der Waals surface area contributed by atoms with E-state index in [-0.39, 0.29) is 11.3 Å². The van der Waals surface area contributed by atoms with Crippen LogP contribution < -0.4 is 5.73 Å². The second-order valence-corrected chi connectivity index (χ2v) is 6.57. The maximum absolute atomic E-state index is 12.7. The number of benzene rings is 1. The maximum Gasteiger partial charge on any atom is 0.327 e. The van der Waals surface area contributed by atoms with Crippen LogP contribution in [-0.2, 0) is 4.79 Å². The monoisotopic (exact) mass is 358 g/mol. The molecule has 108 valence electrons. The lowest BCUT2D eigenvalue weighted by atomic mass is 10.1. The predicted octanol–water partition coefficient (Wildman–Crippen LogP) is 2.41. The molecule has 0 spiro atoms. The first kappa shape index (κ1) is 15.2. The highest BCUT2D eigenvalue weighted by atomic mass is 79.9. The number of carbonyl (C=O) groups is 2. The van der Waals surface area contributed by atoms with E-state index in [9.17, 15) is 14.7 Å². The molecular weight excluding hydrogens is 344 g/mol. The summed E-state index contributed by atoms with van der Waals surface area (Å²) in [6.45, 7) is 1.94. The van der Waals surface area contributed by atoms with Crippen molar-refractivity contribution < 1.29 is 14.7 Å². The summed E-state index contributed by atoms with van der Waals surface area (Å²) in [5, 5.41) is 9.16. The van der Waals surface area contributed by atoms with Crippen LogP contribution in [0.4, 0.5) is 5.69 Å². The molecule has 0 saturated carbocycles. The molecule has 1 aromatic rings. The van der Waals surface area contributed by atoms with Gasteiger partial charge in [0.15, 0.2) is 0 Å². The molecular formula is C13H15BrN2O3S. The van der Waals surface area contributed by atoms with Gasteiger partial charge in [0.05, 0.1) is 10.9 Å². The Morgan fingerprint density at radius 2 is 2.25 bits per heavy atom. The molecule has 0 aliphatic carbocycles. The number of carbonyl (C=O) groups excluding carboxylic acids is 1. The Morgan fingerprint density at radius 3 is 2.85 bits per heavy atom. The highest BCUT2D eigenvalue weighted by molar-refractivity contribution is 9.10. The molecule has 0 aromatic heterocycles. The second-order valence-electron chi connectivity index (χ2n) is 4.50. The number of aliphatic carboxylic acids is 1. The van der Waals surface area contributed by atoms with Crippen molar-refractivity contribution in [3.63, 3.8) is 0 Å². The summed E-state index contributed by atoms with van der Waals surface area (Å²) in [7, 11) is 0. The number of halogens is 1. The van der Waals surface area contributed by atoms with Crippen molar-refractivity contribution in [2.75, 3.05) is 11.5 Å². The third-order valence-electron chi connectivity index (χ3n) is 3.18. The molecule has 20 heavy (non-hydrogen) atoms. The van der Waals surface area contributed by atoms with E-state index < -0.39 is 12.0 Å². The van der Waals surface area contributed by atoms with Gasteiger partial charge in [-0.3, -0.25) is 4.79 Å². The molecule has 1 heterocycles. The third kappa shape index (κ3) is 2.78. The number of nitrogens with zero attached hydrogens (tertiary/aromatic N) is 1. The molecule has 0 bridgehead atoms. The van der Waals surface area contributed by atoms with Gasteiger partial charge in [-0.1, -0.05) is 6.92 Å². The molecule has 0 radical (unpaired) electrons. The molecule has 2 atom stereocenters. The minimum atomic E-state index is -0.971. The summed E-state index contributed by atoms with van der Waals surface area (Å²) in [6.07, 6.45) is 0.708. The van der Waals surface area contributed by atoms with Crippen LogP contribution >= 0.6 is 27.7 Å². The number of amides is 1. The topological polar surface area (TPSA) is 83.6 Å². The number of nitrogen functional groups attached to an aromatic ring is 1. The number of rotatable bonds is 3. The van der Waals surface area contributed by atoms with Crippen molar-refractivity contribution >= 4 is 45.3 Å². The zero-order chi connectivity index (χ0) is 14.9. The van der Waals surface area contributed by atoms with E-state index in [1.165, 1.54) is 16.7 Å². The van der Waals surface area contributed by atoms with Crippen LogP contribution in [0.2, 0.25) is 0 Å². The van der Waals surface area contributed by atoms with Crippen LogP contribution in [0, 0.1) is 0 Å². The van der Waals surface area contributed by atoms with E-state index in [0.29, 0.717) is 27.9 Å². The normalized spacial score (nSPS) is 22.0. The molecule has 7 heteroatoms. The number of thioether (sulfide) groups is 1. The zero-order valence-electron chi connectivity index (χ0n) is 10.9. The summed E-state index contributed by atoms with van der Waals surface area (Å²) >= 11 is 4.82. The van der Waals surface area contributed by atoms with Gasteiger partial charge in [-0.25, -0.2) is 4.79 Å². The quantitative estimate of drug-likeness (QED) is 0.810. The number of anilines is 1. The predicted molar refractivity (Wildman–Crippen MR) is 82.7 cm³/mol. The van der Waals surface area contributed by atoms with Gasteiger partial charge < -0.3 is 15.7 Å². The van der Waals surface area contributed by atoms with E-state index in [1.807, 2.05) is 6.92 Å². The van der Waals surface area contributed by atoms with Crippen LogP contribution in [0.1, 0.15) is 23.7 Å². The Bertz CT molecular complexity index is 552. The highest BCUT2D eigenvalue weighted by Crippen LogP contribution is 2.34. The van der Waals surface area contributed by atoms with E-state index >= 15 is 0 Å². The largest absolute Gasteiger partial charge is 0.480 e.